The molecule has 1 saturated heterocycles. The molecule has 126 valence electrons. The quantitative estimate of drug-likeness (QED) is 0.868. The second-order valence-electron chi connectivity index (χ2n) is 6.33. The molecule has 1 fully saturated rings. The number of rotatable bonds is 2. The van der Waals surface area contributed by atoms with E-state index in [2.05, 4.69) is 10.3 Å². The highest BCUT2D eigenvalue weighted by Gasteiger charge is 2.27. The highest BCUT2D eigenvalue weighted by atomic mass is 32.1. The van der Waals surface area contributed by atoms with Gasteiger partial charge in [-0.15, -0.1) is 11.3 Å². The smallest absolute Gasteiger partial charge is 0.323 e. The number of nitrogens with one attached hydrogen (secondary N) is 1. The molecular weight excluding hydrogens is 314 g/mol. The highest BCUT2D eigenvalue weighted by molar-refractivity contribution is 7.15. The Morgan fingerprint density at radius 3 is 2.52 bits per heavy atom. The molecule has 0 saturated carbocycles. The van der Waals surface area contributed by atoms with E-state index in [1.807, 2.05) is 0 Å². The number of aryl methyl sites for hydroxylation is 2. The van der Waals surface area contributed by atoms with E-state index in [0.717, 1.165) is 18.5 Å². The van der Waals surface area contributed by atoms with E-state index in [1.54, 1.807) is 16.2 Å². The van der Waals surface area contributed by atoms with Crippen LogP contribution in [0.5, 0.6) is 0 Å². The van der Waals surface area contributed by atoms with Gasteiger partial charge in [0.15, 0.2) is 5.13 Å². The lowest BCUT2D eigenvalue weighted by molar-refractivity contribution is -0.143. The van der Waals surface area contributed by atoms with E-state index in [9.17, 15) is 9.59 Å². The van der Waals surface area contributed by atoms with Crippen molar-refractivity contribution in [1.29, 1.82) is 0 Å². The van der Waals surface area contributed by atoms with Crippen molar-refractivity contribution >= 4 is 28.5 Å². The summed E-state index contributed by atoms with van der Waals surface area (Å²) < 4.78 is 0. The Kier molecular flexibility index (Phi) is 5.15. The van der Waals surface area contributed by atoms with Gasteiger partial charge in [-0.05, 0) is 38.5 Å². The highest BCUT2D eigenvalue weighted by Crippen LogP contribution is 2.29. The molecule has 2 amide bonds. The number of amides is 2. The van der Waals surface area contributed by atoms with Crippen LogP contribution in [0.15, 0.2) is 0 Å². The lowest BCUT2D eigenvalue weighted by Crippen LogP contribution is -2.42. The summed E-state index contributed by atoms with van der Waals surface area (Å²) >= 11 is 1.59. The molecule has 0 aromatic carbocycles. The molecule has 0 bridgehead atoms. The van der Waals surface area contributed by atoms with Crippen LogP contribution in [-0.2, 0) is 17.6 Å². The van der Waals surface area contributed by atoms with Crippen LogP contribution in [0.2, 0.25) is 0 Å². The maximum Gasteiger partial charge on any atom is 0.323 e. The first-order valence-electron chi connectivity index (χ1n) is 8.41. The summed E-state index contributed by atoms with van der Waals surface area (Å²) in [4.78, 5) is 30.9. The minimum atomic E-state index is -0.759. The van der Waals surface area contributed by atoms with Crippen molar-refractivity contribution in [1.82, 2.24) is 9.88 Å². The maximum atomic E-state index is 12.3. The predicted octanol–water partition coefficient (Wildman–Crippen LogP) is 3.13. The number of carboxylic acids is 1. The number of hydrogen-bond acceptors (Lipinski definition) is 4. The second-order valence-corrected chi connectivity index (χ2v) is 7.42. The minimum Gasteiger partial charge on any atom is -0.481 e. The van der Waals surface area contributed by atoms with E-state index in [4.69, 9.17) is 5.11 Å². The van der Waals surface area contributed by atoms with Crippen molar-refractivity contribution in [2.24, 2.45) is 5.92 Å². The second kappa shape index (κ2) is 7.29. The first kappa shape index (κ1) is 16.2. The van der Waals surface area contributed by atoms with Crippen LogP contribution in [0.3, 0.4) is 0 Å². The lowest BCUT2D eigenvalue weighted by atomic mass is 9.97. The monoisotopic (exact) mass is 337 g/mol. The van der Waals surface area contributed by atoms with Crippen LogP contribution < -0.4 is 5.32 Å². The number of aliphatic carboxylic acids is 1. The van der Waals surface area contributed by atoms with Crippen LogP contribution in [-0.4, -0.2) is 40.1 Å². The number of likely N-dealkylation sites (tertiary alicyclic amines) is 1. The van der Waals surface area contributed by atoms with Gasteiger partial charge in [-0.25, -0.2) is 9.78 Å². The molecule has 2 aliphatic rings. The summed E-state index contributed by atoms with van der Waals surface area (Å²) in [6.07, 6.45) is 8.03. The van der Waals surface area contributed by atoms with Gasteiger partial charge in [-0.3, -0.25) is 10.1 Å². The Labute approximate surface area is 139 Å². The van der Waals surface area contributed by atoms with Crippen molar-refractivity contribution in [2.75, 3.05) is 18.4 Å². The molecular formula is C16H23N3O3S. The number of carbonyl (C=O) groups is 2. The Morgan fingerprint density at radius 1 is 1.13 bits per heavy atom. The van der Waals surface area contributed by atoms with Gasteiger partial charge in [-0.1, -0.05) is 12.8 Å². The van der Waals surface area contributed by atoms with Crippen LogP contribution in [0.1, 0.15) is 49.1 Å². The van der Waals surface area contributed by atoms with Crippen LogP contribution in [0, 0.1) is 5.92 Å². The maximum absolute atomic E-state index is 12.3. The zero-order valence-corrected chi connectivity index (χ0v) is 14.0. The van der Waals surface area contributed by atoms with E-state index < -0.39 is 5.97 Å². The number of urea groups is 1. The van der Waals surface area contributed by atoms with Gasteiger partial charge < -0.3 is 10.0 Å². The summed E-state index contributed by atoms with van der Waals surface area (Å²) in [6, 6.07) is -0.157. The predicted molar refractivity (Wildman–Crippen MR) is 88.9 cm³/mol. The largest absolute Gasteiger partial charge is 0.481 e. The van der Waals surface area contributed by atoms with Gasteiger partial charge in [0.2, 0.25) is 0 Å². The number of thiazole rings is 1. The van der Waals surface area contributed by atoms with Gasteiger partial charge in [0, 0.05) is 18.0 Å². The number of nitrogens with zero attached hydrogens (tertiary/aromatic N) is 2. The third kappa shape index (κ3) is 4.02. The van der Waals surface area contributed by atoms with Crippen LogP contribution in [0.4, 0.5) is 9.93 Å². The molecule has 6 nitrogen and oxygen atoms in total. The average Bonchev–Trinajstić information content (AvgIpc) is 2.88. The fourth-order valence-corrected chi connectivity index (χ4v) is 4.30. The first-order chi connectivity index (χ1) is 11.1. The molecule has 1 aliphatic carbocycles. The molecule has 1 aromatic rings. The van der Waals surface area contributed by atoms with Gasteiger partial charge in [0.05, 0.1) is 11.6 Å². The summed E-state index contributed by atoms with van der Waals surface area (Å²) in [5.41, 5.74) is 1.15. The van der Waals surface area contributed by atoms with Crippen LogP contribution >= 0.6 is 11.3 Å². The molecule has 0 radical (unpaired) electrons. The molecule has 3 rings (SSSR count). The summed E-state index contributed by atoms with van der Waals surface area (Å²) in [6.45, 7) is 0.988. The topological polar surface area (TPSA) is 82.5 Å². The Balaban J connectivity index is 1.58. The van der Waals surface area contributed by atoms with E-state index >= 15 is 0 Å². The van der Waals surface area contributed by atoms with Crippen molar-refractivity contribution in [3.63, 3.8) is 0 Å². The van der Waals surface area contributed by atoms with E-state index in [1.165, 1.54) is 30.6 Å². The van der Waals surface area contributed by atoms with Crippen molar-refractivity contribution in [2.45, 2.75) is 51.4 Å². The Bertz CT molecular complexity index is 554. The molecule has 1 aromatic heterocycles. The number of piperidine rings is 1. The fraction of sp³-hybridized carbons (Fsp3) is 0.688. The molecule has 0 unspecified atom stereocenters. The van der Waals surface area contributed by atoms with E-state index in [-0.39, 0.29) is 11.9 Å². The number of carbonyl (C=O) groups excluding carboxylic acids is 1. The SMILES string of the molecule is O=C(O)C1CCN(C(=O)Nc2nc3c(s2)CCCCCC3)CC1. The van der Waals surface area contributed by atoms with E-state index in [0.29, 0.717) is 31.1 Å². The zero-order chi connectivity index (χ0) is 16.2. The molecule has 2 heterocycles. The number of carboxylic acid groups (broad SMARTS) is 1. The normalized spacial score (nSPS) is 19.6. The third-order valence-electron chi connectivity index (χ3n) is 4.69. The number of anilines is 1. The fourth-order valence-electron chi connectivity index (χ4n) is 3.26. The van der Waals surface area contributed by atoms with Gasteiger partial charge >= 0.3 is 12.0 Å². The summed E-state index contributed by atoms with van der Waals surface area (Å²) in [7, 11) is 0. The number of aromatic nitrogens is 1. The lowest BCUT2D eigenvalue weighted by Gasteiger charge is -2.29. The van der Waals surface area contributed by atoms with Gasteiger partial charge in [0.1, 0.15) is 0 Å². The van der Waals surface area contributed by atoms with Crippen molar-refractivity contribution < 1.29 is 14.7 Å². The molecule has 0 spiro atoms. The molecule has 23 heavy (non-hydrogen) atoms. The first-order valence-corrected chi connectivity index (χ1v) is 9.22. The summed E-state index contributed by atoms with van der Waals surface area (Å²) in [5.74, 6) is -1.08. The Morgan fingerprint density at radius 2 is 1.83 bits per heavy atom. The van der Waals surface area contributed by atoms with Crippen molar-refractivity contribution in [3.8, 4) is 0 Å². The van der Waals surface area contributed by atoms with Crippen LogP contribution in [0.25, 0.3) is 0 Å². The standard InChI is InChI=1S/C16H23N3O3S/c20-14(21)11-7-9-19(10-8-11)16(22)18-15-17-12-5-3-1-2-4-6-13(12)23-15/h11H,1-10H2,(H,20,21)(H,17,18,22). The molecule has 0 atom stereocenters. The number of fused-ring (bicyclic) bond motifs is 1. The number of hydrogen-bond donors (Lipinski definition) is 2. The Hall–Kier alpha value is -1.63. The summed E-state index contributed by atoms with van der Waals surface area (Å²) in [5, 5.41) is 12.6. The van der Waals surface area contributed by atoms with Gasteiger partial charge in [-0.2, -0.15) is 0 Å². The average molecular weight is 337 g/mol. The molecule has 7 heteroatoms. The molecule has 1 aliphatic heterocycles. The third-order valence-corrected chi connectivity index (χ3v) is 5.76. The zero-order valence-electron chi connectivity index (χ0n) is 13.2. The van der Waals surface area contributed by atoms with Crippen molar-refractivity contribution in [3.05, 3.63) is 10.6 Å². The van der Waals surface area contributed by atoms with Gasteiger partial charge in [0.25, 0.3) is 0 Å². The molecule has 2 N–H and O–H groups in total. The minimum absolute atomic E-state index is 0.157.